The van der Waals surface area contributed by atoms with Gasteiger partial charge >= 0.3 is 0 Å². The second-order valence-electron chi connectivity index (χ2n) is 3.07. The summed E-state index contributed by atoms with van der Waals surface area (Å²) in [6, 6.07) is 0. The van der Waals surface area contributed by atoms with Crippen LogP contribution in [0.15, 0.2) is 0 Å². The summed E-state index contributed by atoms with van der Waals surface area (Å²) < 4.78 is 0. The van der Waals surface area contributed by atoms with E-state index < -0.39 is 0 Å². The molecule has 11 heavy (non-hydrogen) atoms. The second kappa shape index (κ2) is 9.96. The van der Waals surface area contributed by atoms with Crippen molar-refractivity contribution in [1.82, 2.24) is 0 Å². The van der Waals surface area contributed by atoms with E-state index in [1.807, 2.05) is 0 Å². The van der Waals surface area contributed by atoms with Crippen LogP contribution in [-0.4, -0.2) is 6.54 Å². The highest BCUT2D eigenvalue weighted by Crippen LogP contribution is 2.06. The van der Waals surface area contributed by atoms with Crippen LogP contribution in [-0.2, 0) is 0 Å². The molecule has 0 bridgehead atoms. The van der Waals surface area contributed by atoms with Crippen LogP contribution in [0, 0.1) is 6.42 Å². The molecule has 1 radical (unpaired) electrons. The third kappa shape index (κ3) is 9.96. The fourth-order valence-corrected chi connectivity index (χ4v) is 1.12. The predicted molar refractivity (Wildman–Crippen MR) is 51.3 cm³/mol. The molecule has 0 heterocycles. The summed E-state index contributed by atoms with van der Waals surface area (Å²) in [7, 11) is 0. The minimum absolute atomic E-state index is 0.839. The maximum absolute atomic E-state index is 5.37. The van der Waals surface area contributed by atoms with Crippen molar-refractivity contribution in [2.45, 2.75) is 51.9 Å². The Morgan fingerprint density at radius 3 is 2.36 bits per heavy atom. The van der Waals surface area contributed by atoms with Gasteiger partial charge in [-0.2, -0.15) is 0 Å². The zero-order chi connectivity index (χ0) is 8.36. The van der Waals surface area contributed by atoms with Gasteiger partial charge in [-0.05, 0) is 25.8 Å². The molecule has 0 aromatic carbocycles. The van der Waals surface area contributed by atoms with E-state index in [9.17, 15) is 0 Å². The van der Waals surface area contributed by atoms with Crippen molar-refractivity contribution in [2.75, 3.05) is 6.54 Å². The normalized spacial score (nSPS) is 10.4. The number of hydrogen-bond acceptors (Lipinski definition) is 1. The minimum Gasteiger partial charge on any atom is -0.330 e. The Balaban J connectivity index is 2.69. The molecule has 0 aliphatic rings. The Kier molecular flexibility index (Phi) is 9.92. The first-order chi connectivity index (χ1) is 5.41. The standard InChI is InChI=1S/C10H22N/c1-2-3-4-5-6-7-8-9-10-11/h7H,2-6,8-11H2,1H3. The first kappa shape index (κ1) is 11.0. The van der Waals surface area contributed by atoms with Crippen molar-refractivity contribution >= 4 is 0 Å². The predicted octanol–water partition coefficient (Wildman–Crippen LogP) is 2.90. The molecule has 1 nitrogen and oxygen atoms in total. The molecule has 0 unspecified atom stereocenters. The van der Waals surface area contributed by atoms with Crippen LogP contribution >= 0.6 is 0 Å². The first-order valence-electron chi connectivity index (χ1n) is 4.93. The largest absolute Gasteiger partial charge is 0.330 e. The van der Waals surface area contributed by atoms with E-state index in [1.54, 1.807) is 0 Å². The highest BCUT2D eigenvalue weighted by atomic mass is 14.5. The molecule has 0 fully saturated rings. The maximum Gasteiger partial charge on any atom is -0.00772 e. The van der Waals surface area contributed by atoms with Gasteiger partial charge in [-0.1, -0.05) is 39.0 Å². The Hall–Kier alpha value is -0.0400. The molecule has 67 valence electrons. The molecule has 2 N–H and O–H groups in total. The number of hydrogen-bond donors (Lipinski definition) is 1. The second-order valence-corrected chi connectivity index (χ2v) is 3.07. The summed E-state index contributed by atoms with van der Waals surface area (Å²) in [6.07, 6.45) is 11.5. The molecular weight excluding hydrogens is 134 g/mol. The molecule has 0 saturated carbocycles. The molecule has 0 spiro atoms. The van der Waals surface area contributed by atoms with E-state index in [4.69, 9.17) is 5.73 Å². The summed E-state index contributed by atoms with van der Waals surface area (Å²) >= 11 is 0. The van der Waals surface area contributed by atoms with E-state index in [2.05, 4.69) is 13.3 Å². The van der Waals surface area contributed by atoms with Gasteiger partial charge in [-0.3, -0.25) is 0 Å². The smallest absolute Gasteiger partial charge is 0.00772 e. The highest BCUT2D eigenvalue weighted by molar-refractivity contribution is 4.64. The third-order valence-electron chi connectivity index (χ3n) is 1.87. The molecular formula is C10H22N. The quantitative estimate of drug-likeness (QED) is 0.537. The van der Waals surface area contributed by atoms with E-state index in [0.29, 0.717) is 0 Å². The lowest BCUT2D eigenvalue weighted by Crippen LogP contribution is -1.97. The zero-order valence-corrected chi connectivity index (χ0v) is 7.81. The molecule has 0 atom stereocenters. The topological polar surface area (TPSA) is 26.0 Å². The van der Waals surface area contributed by atoms with Gasteiger partial charge in [0.2, 0.25) is 0 Å². The Labute approximate surface area is 71.4 Å². The van der Waals surface area contributed by atoms with Crippen LogP contribution in [0.3, 0.4) is 0 Å². The van der Waals surface area contributed by atoms with Crippen LogP contribution in [0.1, 0.15) is 51.9 Å². The maximum atomic E-state index is 5.37. The molecule has 0 aliphatic heterocycles. The first-order valence-corrected chi connectivity index (χ1v) is 4.93. The van der Waals surface area contributed by atoms with Gasteiger partial charge in [-0.25, -0.2) is 0 Å². The van der Waals surface area contributed by atoms with Gasteiger partial charge in [-0.15, -0.1) is 0 Å². The lowest BCUT2D eigenvalue weighted by molar-refractivity contribution is 0.645. The number of unbranched alkanes of at least 4 members (excludes halogenated alkanes) is 7. The lowest BCUT2D eigenvalue weighted by Gasteiger charge is -1.98. The average Bonchev–Trinajstić information content (AvgIpc) is 2.03. The van der Waals surface area contributed by atoms with Crippen LogP contribution in [0.25, 0.3) is 0 Å². The number of rotatable bonds is 8. The molecule has 1 heteroatoms. The molecule has 0 aliphatic carbocycles. The van der Waals surface area contributed by atoms with E-state index in [-0.39, 0.29) is 0 Å². The van der Waals surface area contributed by atoms with E-state index >= 15 is 0 Å². The van der Waals surface area contributed by atoms with Gasteiger partial charge in [0.25, 0.3) is 0 Å². The van der Waals surface area contributed by atoms with Gasteiger partial charge < -0.3 is 5.73 Å². The van der Waals surface area contributed by atoms with Crippen LogP contribution in [0.2, 0.25) is 0 Å². The van der Waals surface area contributed by atoms with Gasteiger partial charge in [0.15, 0.2) is 0 Å². The SMILES string of the molecule is CCCCCC[CH]CCCN. The van der Waals surface area contributed by atoms with Crippen molar-refractivity contribution in [2.24, 2.45) is 5.73 Å². The monoisotopic (exact) mass is 156 g/mol. The van der Waals surface area contributed by atoms with Crippen molar-refractivity contribution in [3.63, 3.8) is 0 Å². The summed E-state index contributed by atoms with van der Waals surface area (Å²) in [6.45, 7) is 3.09. The average molecular weight is 156 g/mol. The van der Waals surface area contributed by atoms with Crippen LogP contribution < -0.4 is 5.73 Å². The molecule has 0 amide bonds. The fraction of sp³-hybridized carbons (Fsp3) is 0.900. The van der Waals surface area contributed by atoms with E-state index in [1.165, 1.54) is 38.5 Å². The molecule has 0 aromatic rings. The van der Waals surface area contributed by atoms with Gasteiger partial charge in [0.1, 0.15) is 0 Å². The van der Waals surface area contributed by atoms with Gasteiger partial charge in [0, 0.05) is 0 Å². The van der Waals surface area contributed by atoms with Gasteiger partial charge in [0.05, 0.1) is 0 Å². The summed E-state index contributed by atoms with van der Waals surface area (Å²) in [5, 5.41) is 0. The Morgan fingerprint density at radius 1 is 1.00 bits per heavy atom. The lowest BCUT2D eigenvalue weighted by atomic mass is 10.1. The molecule has 0 saturated heterocycles. The van der Waals surface area contributed by atoms with Crippen LogP contribution in [0.4, 0.5) is 0 Å². The fourth-order valence-electron chi connectivity index (χ4n) is 1.12. The van der Waals surface area contributed by atoms with Crippen molar-refractivity contribution < 1.29 is 0 Å². The minimum atomic E-state index is 0.839. The zero-order valence-electron chi connectivity index (χ0n) is 7.81. The van der Waals surface area contributed by atoms with Crippen molar-refractivity contribution in [3.05, 3.63) is 6.42 Å². The summed E-state index contributed by atoms with van der Waals surface area (Å²) in [4.78, 5) is 0. The molecule has 0 aromatic heterocycles. The summed E-state index contributed by atoms with van der Waals surface area (Å²) in [5.74, 6) is 0. The van der Waals surface area contributed by atoms with Crippen molar-refractivity contribution in [3.8, 4) is 0 Å². The molecule has 0 rings (SSSR count). The van der Waals surface area contributed by atoms with E-state index in [0.717, 1.165) is 13.0 Å². The Bertz CT molecular complexity index is 53.9. The number of nitrogens with two attached hydrogens (primary N) is 1. The Morgan fingerprint density at radius 2 is 1.73 bits per heavy atom. The highest BCUT2D eigenvalue weighted by Gasteiger charge is 1.89. The summed E-state index contributed by atoms with van der Waals surface area (Å²) in [5.41, 5.74) is 5.37. The van der Waals surface area contributed by atoms with Crippen molar-refractivity contribution in [1.29, 1.82) is 0 Å². The third-order valence-corrected chi connectivity index (χ3v) is 1.87. The van der Waals surface area contributed by atoms with Crippen LogP contribution in [0.5, 0.6) is 0 Å².